The van der Waals surface area contributed by atoms with Crippen molar-refractivity contribution < 1.29 is 19.1 Å². The third-order valence-electron chi connectivity index (χ3n) is 5.75. The number of aromatic nitrogens is 1. The number of carbonyl (C=O) groups excluding carboxylic acids is 3. The summed E-state index contributed by atoms with van der Waals surface area (Å²) in [6.07, 6.45) is 2.56. The Balaban J connectivity index is 1.68. The fourth-order valence-corrected chi connectivity index (χ4v) is 4.18. The fraction of sp³-hybridized carbons (Fsp3) is 0.429. The first-order valence-electron chi connectivity index (χ1n) is 9.96. The first-order chi connectivity index (χ1) is 14.2. The Kier molecular flexibility index (Phi) is 4.76. The number of primary amides is 1. The van der Waals surface area contributed by atoms with Crippen LogP contribution < -0.4 is 20.7 Å². The van der Waals surface area contributed by atoms with Gasteiger partial charge in [-0.1, -0.05) is 0 Å². The predicted octanol–water partition coefficient (Wildman–Crippen LogP) is 1.64. The average Bonchev–Trinajstić information content (AvgIpc) is 2.91. The van der Waals surface area contributed by atoms with Crippen molar-refractivity contribution in [2.45, 2.75) is 38.3 Å². The Morgan fingerprint density at radius 1 is 1.27 bits per heavy atom. The first kappa shape index (κ1) is 19.9. The molecule has 0 saturated carbocycles. The number of nitrogens with one attached hydrogen (secondary N) is 1. The molecule has 4 rings (SSSR count). The quantitative estimate of drug-likeness (QED) is 0.739. The van der Waals surface area contributed by atoms with E-state index >= 15 is 0 Å². The summed E-state index contributed by atoms with van der Waals surface area (Å²) >= 11 is 0. The maximum Gasteiger partial charge on any atom is 0.324 e. The number of ether oxygens (including phenoxy) is 1. The van der Waals surface area contributed by atoms with Gasteiger partial charge in [0.15, 0.2) is 0 Å². The van der Waals surface area contributed by atoms with Crippen LogP contribution in [-0.2, 0) is 4.79 Å². The molecule has 3 heterocycles. The summed E-state index contributed by atoms with van der Waals surface area (Å²) in [5, 5.41) is 4.52. The molecule has 1 aromatic heterocycles. The highest BCUT2D eigenvalue weighted by Crippen LogP contribution is 2.35. The van der Waals surface area contributed by atoms with Gasteiger partial charge in [-0.05, 0) is 50.3 Å². The normalized spacial score (nSPS) is 18.4. The van der Waals surface area contributed by atoms with E-state index in [1.165, 1.54) is 7.05 Å². The Bertz CT molecular complexity index is 1040. The van der Waals surface area contributed by atoms with Gasteiger partial charge in [0.05, 0.1) is 11.7 Å². The summed E-state index contributed by atoms with van der Waals surface area (Å²) in [6.45, 7) is 4.88. The third-order valence-corrected chi connectivity index (χ3v) is 5.75. The van der Waals surface area contributed by atoms with Crippen LogP contribution in [0.4, 0.5) is 10.6 Å². The maximum atomic E-state index is 12.5. The number of hydrogen-bond acceptors (Lipinski definition) is 6. The highest BCUT2D eigenvalue weighted by molar-refractivity contribution is 6.07. The Morgan fingerprint density at radius 2 is 1.97 bits per heavy atom. The zero-order chi connectivity index (χ0) is 21.6. The molecule has 2 aromatic rings. The molecule has 2 aliphatic heterocycles. The standard InChI is InChI=1S/C21H25N5O4/c1-12(2)30-16-11-14-13(10-15(16)17(22)27)4-7-23-18(14)26-8-5-21(6-9-26)19(28)25(3)20(29)24-21/h4,7,10-12H,5-6,8-9H2,1-3H3,(H2,22,27)(H,24,29). The van der Waals surface area contributed by atoms with E-state index in [1.807, 2.05) is 19.9 Å². The first-order valence-corrected chi connectivity index (χ1v) is 9.96. The number of pyridine rings is 1. The number of rotatable bonds is 4. The molecule has 0 aliphatic carbocycles. The molecule has 30 heavy (non-hydrogen) atoms. The van der Waals surface area contributed by atoms with E-state index < -0.39 is 11.4 Å². The van der Waals surface area contributed by atoms with Gasteiger partial charge in [-0.25, -0.2) is 9.78 Å². The zero-order valence-corrected chi connectivity index (χ0v) is 17.3. The number of likely N-dealkylation sites (N-methyl/N-ethyl adjacent to an activating group) is 1. The maximum absolute atomic E-state index is 12.5. The van der Waals surface area contributed by atoms with Crippen LogP contribution >= 0.6 is 0 Å². The summed E-state index contributed by atoms with van der Waals surface area (Å²) in [6, 6.07) is 5.00. The summed E-state index contributed by atoms with van der Waals surface area (Å²) in [4.78, 5) is 44.2. The minimum absolute atomic E-state index is 0.121. The number of carbonyl (C=O) groups is 3. The Hall–Kier alpha value is -3.36. The molecule has 9 heteroatoms. The smallest absolute Gasteiger partial charge is 0.324 e. The number of anilines is 1. The van der Waals surface area contributed by atoms with Crippen LogP contribution in [0.5, 0.6) is 5.75 Å². The minimum atomic E-state index is -0.835. The number of imide groups is 1. The van der Waals surface area contributed by atoms with Gasteiger partial charge >= 0.3 is 6.03 Å². The molecule has 0 bridgehead atoms. The second kappa shape index (κ2) is 7.16. The van der Waals surface area contributed by atoms with Crippen LogP contribution in [0.2, 0.25) is 0 Å². The molecule has 158 valence electrons. The lowest BCUT2D eigenvalue weighted by Gasteiger charge is -2.38. The Morgan fingerprint density at radius 3 is 2.53 bits per heavy atom. The third kappa shape index (κ3) is 3.20. The number of piperidine rings is 1. The van der Waals surface area contributed by atoms with Crippen LogP contribution in [0.3, 0.4) is 0 Å². The molecule has 1 spiro atoms. The number of nitrogens with two attached hydrogens (primary N) is 1. The van der Waals surface area contributed by atoms with Gasteiger partial charge < -0.3 is 20.7 Å². The summed E-state index contributed by atoms with van der Waals surface area (Å²) in [5.74, 6) is 0.437. The van der Waals surface area contributed by atoms with Gasteiger partial charge in [-0.2, -0.15) is 0 Å². The number of nitrogens with zero attached hydrogens (tertiary/aromatic N) is 3. The van der Waals surface area contributed by atoms with Crippen molar-refractivity contribution >= 4 is 34.4 Å². The van der Waals surface area contributed by atoms with Crippen LogP contribution in [0, 0.1) is 0 Å². The predicted molar refractivity (Wildman–Crippen MR) is 112 cm³/mol. The van der Waals surface area contributed by atoms with E-state index in [0.717, 1.165) is 21.5 Å². The van der Waals surface area contributed by atoms with E-state index in [2.05, 4.69) is 15.2 Å². The van der Waals surface area contributed by atoms with E-state index in [1.54, 1.807) is 18.3 Å². The Labute approximate surface area is 174 Å². The van der Waals surface area contributed by atoms with Gasteiger partial charge in [0.25, 0.3) is 11.8 Å². The van der Waals surface area contributed by atoms with Crippen molar-refractivity contribution in [1.82, 2.24) is 15.2 Å². The largest absolute Gasteiger partial charge is 0.490 e. The van der Waals surface area contributed by atoms with Crippen LogP contribution in [-0.4, -0.2) is 59.5 Å². The molecular formula is C21H25N5O4. The van der Waals surface area contributed by atoms with Crippen LogP contribution in [0.1, 0.15) is 37.0 Å². The SMILES string of the molecule is CC(C)Oc1cc2c(N3CCC4(CC3)NC(=O)N(C)C4=O)nccc2cc1C(N)=O. The number of benzene rings is 1. The van der Waals surface area contributed by atoms with E-state index in [4.69, 9.17) is 10.5 Å². The van der Waals surface area contributed by atoms with Crippen molar-refractivity contribution in [2.24, 2.45) is 5.73 Å². The van der Waals surface area contributed by atoms with Gasteiger partial charge in [-0.3, -0.25) is 14.5 Å². The lowest BCUT2D eigenvalue weighted by Crippen LogP contribution is -2.55. The number of fused-ring (bicyclic) bond motifs is 1. The molecule has 2 fully saturated rings. The molecule has 0 radical (unpaired) electrons. The summed E-state index contributed by atoms with van der Waals surface area (Å²) in [7, 11) is 1.50. The van der Waals surface area contributed by atoms with Gasteiger partial charge in [0, 0.05) is 31.7 Å². The molecule has 1 aromatic carbocycles. The second-order valence-corrected chi connectivity index (χ2v) is 8.10. The molecule has 4 amide bonds. The van der Waals surface area contributed by atoms with Crippen LogP contribution in [0.15, 0.2) is 24.4 Å². The molecule has 0 unspecified atom stereocenters. The van der Waals surface area contributed by atoms with Gasteiger partial charge in [0.2, 0.25) is 0 Å². The number of amides is 4. The van der Waals surface area contributed by atoms with Crippen molar-refractivity contribution in [3.63, 3.8) is 0 Å². The lowest BCUT2D eigenvalue weighted by molar-refractivity contribution is -0.131. The second-order valence-electron chi connectivity index (χ2n) is 8.10. The fourth-order valence-electron chi connectivity index (χ4n) is 4.18. The average molecular weight is 411 g/mol. The monoisotopic (exact) mass is 411 g/mol. The number of urea groups is 1. The molecule has 9 nitrogen and oxygen atoms in total. The number of hydrogen-bond donors (Lipinski definition) is 2. The van der Waals surface area contributed by atoms with Crippen LogP contribution in [0.25, 0.3) is 10.8 Å². The van der Waals surface area contributed by atoms with E-state index in [9.17, 15) is 14.4 Å². The molecule has 0 atom stereocenters. The summed E-state index contributed by atoms with van der Waals surface area (Å²) in [5.41, 5.74) is 5.04. The van der Waals surface area contributed by atoms with Crippen molar-refractivity contribution in [3.05, 3.63) is 30.0 Å². The van der Waals surface area contributed by atoms with E-state index in [0.29, 0.717) is 37.2 Å². The van der Waals surface area contributed by atoms with E-state index in [-0.39, 0.29) is 18.0 Å². The molecular weight excluding hydrogens is 386 g/mol. The highest BCUT2D eigenvalue weighted by atomic mass is 16.5. The molecule has 2 saturated heterocycles. The summed E-state index contributed by atoms with van der Waals surface area (Å²) < 4.78 is 5.83. The lowest BCUT2D eigenvalue weighted by atomic mass is 9.87. The van der Waals surface area contributed by atoms with Gasteiger partial charge in [0.1, 0.15) is 17.1 Å². The van der Waals surface area contributed by atoms with Crippen molar-refractivity contribution in [1.29, 1.82) is 0 Å². The topological polar surface area (TPSA) is 118 Å². The molecule has 2 aliphatic rings. The highest BCUT2D eigenvalue weighted by Gasteiger charge is 2.51. The van der Waals surface area contributed by atoms with Crippen molar-refractivity contribution in [2.75, 3.05) is 25.0 Å². The van der Waals surface area contributed by atoms with Gasteiger partial charge in [-0.15, -0.1) is 0 Å². The minimum Gasteiger partial charge on any atom is -0.490 e. The van der Waals surface area contributed by atoms with Crippen molar-refractivity contribution in [3.8, 4) is 5.75 Å². The molecule has 3 N–H and O–H groups in total. The zero-order valence-electron chi connectivity index (χ0n) is 17.3.